The van der Waals surface area contributed by atoms with Gasteiger partial charge in [0.1, 0.15) is 11.9 Å². The van der Waals surface area contributed by atoms with Crippen LogP contribution in [0.25, 0.3) is 0 Å². The maximum absolute atomic E-state index is 9.89. The number of H-pyrrole nitrogens is 1. The number of aliphatic hydroxyl groups is 1. The third-order valence-electron chi connectivity index (χ3n) is 2.21. The molecule has 0 saturated carbocycles. The Morgan fingerprint density at radius 2 is 2.29 bits per heavy atom. The molecule has 2 rings (SSSR count). The third kappa shape index (κ3) is 1.29. The van der Waals surface area contributed by atoms with Crippen LogP contribution in [0.5, 0.6) is 0 Å². The minimum atomic E-state index is -0.778. The molecule has 0 fully saturated rings. The first-order chi connectivity index (χ1) is 6.70. The van der Waals surface area contributed by atoms with Gasteiger partial charge in [-0.2, -0.15) is 5.10 Å². The summed E-state index contributed by atoms with van der Waals surface area (Å²) >= 11 is 0. The fourth-order valence-corrected chi connectivity index (χ4v) is 1.22. The highest BCUT2D eigenvalue weighted by atomic mass is 16.3. The summed E-state index contributed by atoms with van der Waals surface area (Å²) in [5, 5.41) is 24.1. The van der Waals surface area contributed by atoms with E-state index in [0.717, 1.165) is 5.82 Å². The topological polar surface area (TPSA) is 79.6 Å². The summed E-state index contributed by atoms with van der Waals surface area (Å²) in [5.74, 6) is 1.28. The Kier molecular flexibility index (Phi) is 2.05. The van der Waals surface area contributed by atoms with Crippen molar-refractivity contribution in [3.05, 3.63) is 29.6 Å². The van der Waals surface area contributed by atoms with E-state index >= 15 is 0 Å². The summed E-state index contributed by atoms with van der Waals surface area (Å²) < 4.78 is 1.75. The van der Waals surface area contributed by atoms with Crippen molar-refractivity contribution in [2.75, 3.05) is 0 Å². The molecule has 2 N–H and O–H groups in total. The molecular formula is C8H11N5O. The van der Waals surface area contributed by atoms with E-state index in [0.29, 0.717) is 11.4 Å². The van der Waals surface area contributed by atoms with Crippen LogP contribution in [0.1, 0.15) is 23.3 Å². The van der Waals surface area contributed by atoms with Gasteiger partial charge in [0.25, 0.3) is 0 Å². The van der Waals surface area contributed by atoms with E-state index in [1.54, 1.807) is 17.0 Å². The fourth-order valence-electron chi connectivity index (χ4n) is 1.22. The van der Waals surface area contributed by atoms with Gasteiger partial charge in [0.05, 0.1) is 6.20 Å². The van der Waals surface area contributed by atoms with E-state index in [4.69, 9.17) is 0 Å². The minimum absolute atomic E-state index is 0.518. The lowest BCUT2D eigenvalue weighted by atomic mass is 10.2. The monoisotopic (exact) mass is 193 g/mol. The van der Waals surface area contributed by atoms with Crippen molar-refractivity contribution in [1.29, 1.82) is 0 Å². The molecule has 0 saturated heterocycles. The summed E-state index contributed by atoms with van der Waals surface area (Å²) in [6, 6.07) is 0. The lowest BCUT2D eigenvalue weighted by Gasteiger charge is -2.06. The second kappa shape index (κ2) is 3.22. The second-order valence-corrected chi connectivity index (χ2v) is 3.10. The van der Waals surface area contributed by atoms with Crippen molar-refractivity contribution < 1.29 is 5.11 Å². The van der Waals surface area contributed by atoms with Crippen LogP contribution in [0, 0.1) is 6.92 Å². The lowest BCUT2D eigenvalue weighted by molar-refractivity contribution is 0.205. The number of nitrogens with one attached hydrogen (secondary N) is 1. The lowest BCUT2D eigenvalue weighted by Crippen LogP contribution is -2.07. The van der Waals surface area contributed by atoms with Crippen molar-refractivity contribution in [2.45, 2.75) is 13.0 Å². The van der Waals surface area contributed by atoms with Crippen molar-refractivity contribution >= 4 is 0 Å². The smallest absolute Gasteiger partial charge is 0.166 e. The molecule has 0 spiro atoms. The third-order valence-corrected chi connectivity index (χ3v) is 2.21. The van der Waals surface area contributed by atoms with Gasteiger partial charge in [-0.3, -0.25) is 5.10 Å². The van der Waals surface area contributed by atoms with Gasteiger partial charge in [0.2, 0.25) is 0 Å². The number of aryl methyl sites for hydroxylation is 1. The van der Waals surface area contributed by atoms with Crippen LogP contribution in [0.2, 0.25) is 0 Å². The molecule has 0 aliphatic carbocycles. The summed E-state index contributed by atoms with van der Waals surface area (Å²) in [6.07, 6.45) is 2.42. The number of hydrogen-bond donors (Lipinski definition) is 2. The molecule has 74 valence electrons. The van der Waals surface area contributed by atoms with Crippen LogP contribution in [-0.2, 0) is 7.05 Å². The van der Waals surface area contributed by atoms with Gasteiger partial charge in [-0.05, 0) is 6.92 Å². The van der Waals surface area contributed by atoms with Gasteiger partial charge in [-0.25, -0.2) is 0 Å². The fraction of sp³-hybridized carbons (Fsp3) is 0.375. The van der Waals surface area contributed by atoms with Crippen LogP contribution in [-0.4, -0.2) is 30.1 Å². The maximum atomic E-state index is 9.89. The predicted octanol–water partition coefficient (Wildman–Crippen LogP) is -0.0717. The highest BCUT2D eigenvalue weighted by Gasteiger charge is 2.17. The highest BCUT2D eigenvalue weighted by Crippen LogP contribution is 2.18. The van der Waals surface area contributed by atoms with Crippen LogP contribution in [0.3, 0.4) is 0 Å². The Morgan fingerprint density at radius 1 is 1.50 bits per heavy atom. The zero-order valence-electron chi connectivity index (χ0n) is 7.97. The van der Waals surface area contributed by atoms with Gasteiger partial charge in [0.15, 0.2) is 5.82 Å². The van der Waals surface area contributed by atoms with Crippen molar-refractivity contribution in [3.8, 4) is 0 Å². The number of rotatable bonds is 2. The minimum Gasteiger partial charge on any atom is -0.380 e. The molecule has 0 aliphatic heterocycles. The summed E-state index contributed by atoms with van der Waals surface area (Å²) in [7, 11) is 1.81. The van der Waals surface area contributed by atoms with Gasteiger partial charge in [-0.15, -0.1) is 10.2 Å². The zero-order valence-corrected chi connectivity index (χ0v) is 7.97. The van der Waals surface area contributed by atoms with E-state index in [1.807, 2.05) is 14.0 Å². The summed E-state index contributed by atoms with van der Waals surface area (Å²) in [4.78, 5) is 0. The Hall–Kier alpha value is -1.69. The largest absolute Gasteiger partial charge is 0.380 e. The SMILES string of the molecule is Cc1nnc(C(O)c2cn[nH]c2)n1C. The number of aromatic amines is 1. The normalized spacial score (nSPS) is 13.1. The Balaban J connectivity index is 2.36. The second-order valence-electron chi connectivity index (χ2n) is 3.10. The molecule has 0 amide bonds. The molecule has 2 aromatic rings. The maximum Gasteiger partial charge on any atom is 0.166 e. The molecular weight excluding hydrogens is 182 g/mol. The first-order valence-corrected chi connectivity index (χ1v) is 4.23. The molecule has 0 aliphatic rings. The molecule has 2 heterocycles. The number of aromatic nitrogens is 5. The van der Waals surface area contributed by atoms with E-state index in [2.05, 4.69) is 20.4 Å². The number of aliphatic hydroxyl groups excluding tert-OH is 1. The molecule has 0 bridgehead atoms. The van der Waals surface area contributed by atoms with Crippen molar-refractivity contribution in [1.82, 2.24) is 25.0 Å². The van der Waals surface area contributed by atoms with Gasteiger partial charge < -0.3 is 9.67 Å². The average Bonchev–Trinajstić information content (AvgIpc) is 2.77. The Morgan fingerprint density at radius 3 is 2.79 bits per heavy atom. The summed E-state index contributed by atoms with van der Waals surface area (Å²) in [6.45, 7) is 1.83. The highest BCUT2D eigenvalue weighted by molar-refractivity contribution is 5.16. The number of hydrogen-bond acceptors (Lipinski definition) is 4. The van der Waals surface area contributed by atoms with E-state index in [9.17, 15) is 5.11 Å². The average molecular weight is 193 g/mol. The molecule has 0 aromatic carbocycles. The zero-order chi connectivity index (χ0) is 10.1. The van der Waals surface area contributed by atoms with Crippen LogP contribution < -0.4 is 0 Å². The summed E-state index contributed by atoms with van der Waals surface area (Å²) in [5.41, 5.74) is 0.681. The van der Waals surface area contributed by atoms with Crippen LogP contribution in [0.15, 0.2) is 12.4 Å². The van der Waals surface area contributed by atoms with Crippen molar-refractivity contribution in [2.24, 2.45) is 7.05 Å². The van der Waals surface area contributed by atoms with Crippen molar-refractivity contribution in [3.63, 3.8) is 0 Å². The standard InChI is InChI=1S/C8H11N5O/c1-5-11-12-8(13(5)2)7(14)6-3-9-10-4-6/h3-4,7,14H,1-2H3,(H,9,10). The molecule has 0 radical (unpaired) electrons. The molecule has 1 unspecified atom stereocenters. The Bertz CT molecular complexity index is 419. The van der Waals surface area contributed by atoms with Crippen LogP contribution in [0.4, 0.5) is 0 Å². The van der Waals surface area contributed by atoms with Gasteiger partial charge >= 0.3 is 0 Å². The van der Waals surface area contributed by atoms with Crippen LogP contribution >= 0.6 is 0 Å². The molecule has 1 atom stereocenters. The quantitative estimate of drug-likeness (QED) is 0.699. The molecule has 14 heavy (non-hydrogen) atoms. The first-order valence-electron chi connectivity index (χ1n) is 4.23. The van der Waals surface area contributed by atoms with E-state index in [1.165, 1.54) is 0 Å². The molecule has 2 aromatic heterocycles. The van der Waals surface area contributed by atoms with E-state index < -0.39 is 6.10 Å². The number of nitrogens with zero attached hydrogens (tertiary/aromatic N) is 4. The van der Waals surface area contributed by atoms with Gasteiger partial charge in [-0.1, -0.05) is 0 Å². The molecule has 6 heteroatoms. The van der Waals surface area contributed by atoms with Gasteiger partial charge in [0, 0.05) is 18.8 Å². The predicted molar refractivity (Wildman–Crippen MR) is 48.4 cm³/mol. The van der Waals surface area contributed by atoms with E-state index in [-0.39, 0.29) is 0 Å². The Labute approximate surface area is 80.6 Å². The first kappa shape index (κ1) is 8.89. The molecule has 6 nitrogen and oxygen atoms in total.